The normalized spacial score (nSPS) is 33.1. The quantitative estimate of drug-likeness (QED) is 0.792. The molecule has 0 aromatic heterocycles. The molecule has 2 N–H and O–H groups in total. The molecule has 0 aromatic rings. The summed E-state index contributed by atoms with van der Waals surface area (Å²) in [6.45, 7) is 4.38. The van der Waals surface area contributed by atoms with Crippen molar-refractivity contribution in [3.63, 3.8) is 0 Å². The Morgan fingerprint density at radius 1 is 1.33 bits per heavy atom. The number of nitrogens with two attached hydrogens (primary N) is 1. The van der Waals surface area contributed by atoms with Crippen molar-refractivity contribution in [3.05, 3.63) is 0 Å². The van der Waals surface area contributed by atoms with Gasteiger partial charge in [0.2, 0.25) is 10.0 Å². The maximum atomic E-state index is 12.3. The maximum absolute atomic E-state index is 12.3. The monoisotopic (exact) mass is 275 g/mol. The molecule has 2 heterocycles. The highest BCUT2D eigenvalue weighted by molar-refractivity contribution is 7.89. The predicted octanol–water partition coefficient (Wildman–Crippen LogP) is 0.0795. The van der Waals surface area contributed by atoms with E-state index in [0.29, 0.717) is 25.0 Å². The number of sulfonamides is 1. The summed E-state index contributed by atoms with van der Waals surface area (Å²) in [5.41, 5.74) is 5.50. The first-order valence-electron chi connectivity index (χ1n) is 6.86. The number of likely N-dealkylation sites (tertiary alicyclic amines) is 1. The maximum Gasteiger partial charge on any atom is 0.217 e. The first kappa shape index (κ1) is 14.2. The molecule has 0 amide bonds. The van der Waals surface area contributed by atoms with Gasteiger partial charge in [0, 0.05) is 25.7 Å². The molecule has 5 nitrogen and oxygen atoms in total. The van der Waals surface area contributed by atoms with Crippen molar-refractivity contribution in [2.45, 2.75) is 37.5 Å². The van der Waals surface area contributed by atoms with Crippen LogP contribution in [0.1, 0.15) is 26.2 Å². The van der Waals surface area contributed by atoms with Gasteiger partial charge in [-0.15, -0.1) is 0 Å². The average molecular weight is 275 g/mol. The zero-order valence-electron chi connectivity index (χ0n) is 11.4. The van der Waals surface area contributed by atoms with Gasteiger partial charge < -0.3 is 10.6 Å². The van der Waals surface area contributed by atoms with Crippen LogP contribution in [0.2, 0.25) is 0 Å². The van der Waals surface area contributed by atoms with Crippen molar-refractivity contribution in [1.29, 1.82) is 0 Å². The number of hydrogen-bond donors (Lipinski definition) is 1. The number of nitrogens with zero attached hydrogens (tertiary/aromatic N) is 2. The van der Waals surface area contributed by atoms with Gasteiger partial charge in [0.1, 0.15) is 0 Å². The molecule has 0 saturated carbocycles. The molecule has 18 heavy (non-hydrogen) atoms. The van der Waals surface area contributed by atoms with E-state index in [-0.39, 0.29) is 6.54 Å². The summed E-state index contributed by atoms with van der Waals surface area (Å²) in [5, 5.41) is -0.463. The lowest BCUT2D eigenvalue weighted by Gasteiger charge is -2.45. The number of rotatable bonds is 3. The highest BCUT2D eigenvalue weighted by Gasteiger charge is 2.39. The summed E-state index contributed by atoms with van der Waals surface area (Å²) >= 11 is 0. The van der Waals surface area contributed by atoms with Crippen molar-refractivity contribution in [2.75, 3.05) is 33.2 Å². The summed E-state index contributed by atoms with van der Waals surface area (Å²) in [4.78, 5) is 2.39. The second-order valence-corrected chi connectivity index (χ2v) is 8.04. The fraction of sp³-hybridized carbons (Fsp3) is 1.00. The van der Waals surface area contributed by atoms with Gasteiger partial charge in [-0.05, 0) is 45.7 Å². The fourth-order valence-electron chi connectivity index (χ4n) is 3.23. The third-order valence-corrected chi connectivity index (χ3v) is 6.77. The van der Waals surface area contributed by atoms with Crippen LogP contribution in [0.25, 0.3) is 0 Å². The van der Waals surface area contributed by atoms with E-state index in [9.17, 15) is 8.42 Å². The van der Waals surface area contributed by atoms with Crippen molar-refractivity contribution in [1.82, 2.24) is 9.21 Å². The van der Waals surface area contributed by atoms with E-state index in [1.54, 1.807) is 11.2 Å². The van der Waals surface area contributed by atoms with E-state index >= 15 is 0 Å². The molecule has 3 unspecified atom stereocenters. The molecule has 3 atom stereocenters. The molecule has 0 radical (unpaired) electrons. The van der Waals surface area contributed by atoms with Crippen LogP contribution in [0.5, 0.6) is 0 Å². The summed E-state index contributed by atoms with van der Waals surface area (Å²) in [5.74, 6) is 0.497. The predicted molar refractivity (Wildman–Crippen MR) is 72.8 cm³/mol. The van der Waals surface area contributed by atoms with E-state index < -0.39 is 15.3 Å². The molecule has 2 aliphatic rings. The van der Waals surface area contributed by atoms with Gasteiger partial charge in [-0.1, -0.05) is 0 Å². The second kappa shape index (κ2) is 5.45. The molecule has 0 aromatic carbocycles. The van der Waals surface area contributed by atoms with Crippen molar-refractivity contribution >= 4 is 10.0 Å². The smallest absolute Gasteiger partial charge is 0.217 e. The SMILES string of the molecule is CC(CN)S(=O)(=O)N1CCC2C(CCCN2C)C1. The third-order valence-electron chi connectivity index (χ3n) is 4.51. The Morgan fingerprint density at radius 3 is 2.72 bits per heavy atom. The molecular weight excluding hydrogens is 250 g/mol. The Balaban J connectivity index is 2.07. The molecule has 106 valence electrons. The fourth-order valence-corrected chi connectivity index (χ4v) is 4.74. The topological polar surface area (TPSA) is 66.6 Å². The Hall–Kier alpha value is -0.170. The molecule has 2 fully saturated rings. The van der Waals surface area contributed by atoms with E-state index in [1.165, 1.54) is 6.42 Å². The van der Waals surface area contributed by atoms with Crippen LogP contribution in [0, 0.1) is 5.92 Å². The van der Waals surface area contributed by atoms with Crippen molar-refractivity contribution in [2.24, 2.45) is 11.7 Å². The van der Waals surface area contributed by atoms with Crippen LogP contribution in [0.4, 0.5) is 0 Å². The van der Waals surface area contributed by atoms with Gasteiger partial charge in [-0.2, -0.15) is 0 Å². The lowest BCUT2D eigenvalue weighted by molar-refractivity contribution is 0.0669. The number of hydrogen-bond acceptors (Lipinski definition) is 4. The van der Waals surface area contributed by atoms with E-state index in [2.05, 4.69) is 11.9 Å². The van der Waals surface area contributed by atoms with Crippen molar-refractivity contribution in [3.8, 4) is 0 Å². The van der Waals surface area contributed by atoms with Crippen LogP contribution in [0.3, 0.4) is 0 Å². The molecule has 2 saturated heterocycles. The van der Waals surface area contributed by atoms with Crippen LogP contribution in [0.15, 0.2) is 0 Å². The van der Waals surface area contributed by atoms with Gasteiger partial charge in [0.25, 0.3) is 0 Å². The lowest BCUT2D eigenvalue weighted by Crippen LogP contribution is -2.55. The van der Waals surface area contributed by atoms with Crippen LogP contribution >= 0.6 is 0 Å². The molecule has 0 spiro atoms. The minimum absolute atomic E-state index is 0.201. The molecule has 2 aliphatic heterocycles. The summed E-state index contributed by atoms with van der Waals surface area (Å²) in [6, 6.07) is 0.568. The van der Waals surface area contributed by atoms with Gasteiger partial charge in [0.05, 0.1) is 5.25 Å². The van der Waals surface area contributed by atoms with Crippen LogP contribution in [-0.4, -0.2) is 62.1 Å². The highest BCUT2D eigenvalue weighted by atomic mass is 32.2. The minimum atomic E-state index is -3.19. The molecule has 0 aliphatic carbocycles. The van der Waals surface area contributed by atoms with Gasteiger partial charge >= 0.3 is 0 Å². The van der Waals surface area contributed by atoms with E-state index in [0.717, 1.165) is 19.4 Å². The minimum Gasteiger partial charge on any atom is -0.329 e. The molecule has 2 rings (SSSR count). The van der Waals surface area contributed by atoms with Gasteiger partial charge in [-0.3, -0.25) is 0 Å². The average Bonchev–Trinajstić information content (AvgIpc) is 2.37. The van der Waals surface area contributed by atoms with Crippen LogP contribution < -0.4 is 5.73 Å². The number of piperidine rings is 2. The molecule has 0 bridgehead atoms. The highest BCUT2D eigenvalue weighted by Crippen LogP contribution is 2.31. The Labute approximate surface area is 110 Å². The van der Waals surface area contributed by atoms with E-state index in [4.69, 9.17) is 5.73 Å². The zero-order valence-corrected chi connectivity index (χ0v) is 12.2. The van der Waals surface area contributed by atoms with Gasteiger partial charge in [0.15, 0.2) is 0 Å². The summed E-state index contributed by atoms with van der Waals surface area (Å²) < 4.78 is 26.3. The lowest BCUT2D eigenvalue weighted by atomic mass is 9.85. The second-order valence-electron chi connectivity index (χ2n) is 5.69. The van der Waals surface area contributed by atoms with Gasteiger partial charge in [-0.25, -0.2) is 12.7 Å². The summed E-state index contributed by atoms with van der Waals surface area (Å²) in [7, 11) is -1.03. The molecule has 6 heteroatoms. The first-order chi connectivity index (χ1) is 8.46. The third kappa shape index (κ3) is 2.57. The first-order valence-corrected chi connectivity index (χ1v) is 8.36. The Kier molecular flexibility index (Phi) is 4.31. The van der Waals surface area contributed by atoms with E-state index in [1.807, 2.05) is 0 Å². The Morgan fingerprint density at radius 2 is 2.06 bits per heavy atom. The van der Waals surface area contributed by atoms with Crippen LogP contribution in [-0.2, 0) is 10.0 Å². The zero-order chi connectivity index (χ0) is 13.3. The van der Waals surface area contributed by atoms with Crippen molar-refractivity contribution < 1.29 is 8.42 Å². The summed E-state index contributed by atoms with van der Waals surface area (Å²) in [6.07, 6.45) is 3.29. The Bertz CT molecular complexity index is 385. The molecular formula is C12H25N3O2S. The standard InChI is InChI=1S/C12H25N3O2S/c1-10(8-13)18(16,17)15-7-5-12-11(9-15)4-3-6-14(12)2/h10-12H,3-9,13H2,1-2H3. The number of fused-ring (bicyclic) bond motifs is 1. The largest absolute Gasteiger partial charge is 0.329 e.